The smallest absolute Gasteiger partial charge is 0.238 e. The van der Waals surface area contributed by atoms with Crippen molar-refractivity contribution in [2.45, 2.75) is 13.8 Å². The number of amides is 2. The van der Waals surface area contributed by atoms with Gasteiger partial charge in [-0.2, -0.15) is 0 Å². The maximum absolute atomic E-state index is 12.3. The lowest BCUT2D eigenvalue weighted by molar-refractivity contribution is -0.132. The number of piperazine rings is 1. The normalized spacial score (nSPS) is 15.7. The molecule has 2 amide bonds. The highest BCUT2D eigenvalue weighted by molar-refractivity contribution is 6.39. The monoisotopic (exact) mass is 400 g/mol. The van der Waals surface area contributed by atoms with E-state index in [1.165, 1.54) is 0 Å². The molecule has 1 heterocycles. The molecule has 1 saturated heterocycles. The first-order valence-corrected chi connectivity index (χ1v) is 9.66. The van der Waals surface area contributed by atoms with Gasteiger partial charge in [-0.25, -0.2) is 0 Å². The Balaban J connectivity index is 1.78. The average Bonchev–Trinajstić information content (AvgIpc) is 2.61. The van der Waals surface area contributed by atoms with Crippen LogP contribution in [0.1, 0.15) is 13.8 Å². The van der Waals surface area contributed by atoms with E-state index >= 15 is 0 Å². The minimum absolute atomic E-state index is 0.146. The van der Waals surface area contributed by atoms with Crippen molar-refractivity contribution in [2.75, 3.05) is 57.7 Å². The first-order valence-electron chi connectivity index (χ1n) is 8.90. The van der Waals surface area contributed by atoms with Crippen molar-refractivity contribution in [1.82, 2.24) is 14.7 Å². The van der Waals surface area contributed by atoms with E-state index in [2.05, 4.69) is 15.1 Å². The Morgan fingerprint density at radius 1 is 1.00 bits per heavy atom. The number of nitrogens with one attached hydrogen (secondary N) is 1. The van der Waals surface area contributed by atoms with E-state index in [1.807, 2.05) is 18.7 Å². The predicted molar refractivity (Wildman–Crippen MR) is 106 cm³/mol. The molecule has 0 unspecified atom stereocenters. The van der Waals surface area contributed by atoms with E-state index in [0.29, 0.717) is 22.3 Å². The SMILES string of the molecule is CCN(CC)C(=O)CN1CCN(CC(=O)Nc2c(Cl)cccc2Cl)CC1. The van der Waals surface area contributed by atoms with Crippen LogP contribution in [0.25, 0.3) is 0 Å². The van der Waals surface area contributed by atoms with Gasteiger partial charge in [0.1, 0.15) is 0 Å². The van der Waals surface area contributed by atoms with Crippen LogP contribution in [0.15, 0.2) is 18.2 Å². The molecule has 0 aromatic heterocycles. The van der Waals surface area contributed by atoms with Gasteiger partial charge < -0.3 is 10.2 Å². The van der Waals surface area contributed by atoms with E-state index < -0.39 is 0 Å². The third-order valence-electron chi connectivity index (χ3n) is 4.53. The molecule has 0 spiro atoms. The van der Waals surface area contributed by atoms with E-state index in [1.54, 1.807) is 18.2 Å². The summed E-state index contributed by atoms with van der Waals surface area (Å²) in [5.74, 6) is 0.0159. The Kier molecular flexibility index (Phi) is 8.15. The Morgan fingerprint density at radius 3 is 2.00 bits per heavy atom. The van der Waals surface area contributed by atoms with Crippen LogP contribution in [0, 0.1) is 0 Å². The van der Waals surface area contributed by atoms with Gasteiger partial charge in [0.25, 0.3) is 0 Å². The van der Waals surface area contributed by atoms with Gasteiger partial charge in [-0.1, -0.05) is 29.3 Å². The number of hydrogen-bond acceptors (Lipinski definition) is 4. The summed E-state index contributed by atoms with van der Waals surface area (Å²) in [5.41, 5.74) is 0.448. The summed E-state index contributed by atoms with van der Waals surface area (Å²) in [7, 11) is 0. The molecule has 6 nitrogen and oxygen atoms in total. The maximum Gasteiger partial charge on any atom is 0.238 e. The Bertz CT molecular complexity index is 609. The van der Waals surface area contributed by atoms with Gasteiger partial charge in [0.05, 0.1) is 28.8 Å². The molecule has 0 radical (unpaired) electrons. The summed E-state index contributed by atoms with van der Waals surface area (Å²) in [4.78, 5) is 30.5. The van der Waals surface area contributed by atoms with Crippen molar-refractivity contribution in [1.29, 1.82) is 0 Å². The van der Waals surface area contributed by atoms with Crippen LogP contribution < -0.4 is 5.32 Å². The second kappa shape index (κ2) is 10.1. The number of anilines is 1. The fraction of sp³-hybridized carbons (Fsp3) is 0.556. The van der Waals surface area contributed by atoms with Crippen molar-refractivity contribution in [2.24, 2.45) is 0 Å². The number of hydrogen-bond donors (Lipinski definition) is 1. The summed E-state index contributed by atoms with van der Waals surface area (Å²) in [6.07, 6.45) is 0. The molecule has 8 heteroatoms. The van der Waals surface area contributed by atoms with Crippen molar-refractivity contribution < 1.29 is 9.59 Å². The van der Waals surface area contributed by atoms with E-state index in [0.717, 1.165) is 39.3 Å². The molecule has 0 aliphatic carbocycles. The predicted octanol–water partition coefficient (Wildman–Crippen LogP) is 2.42. The molecule has 1 aromatic carbocycles. The van der Waals surface area contributed by atoms with Gasteiger partial charge in [-0.3, -0.25) is 19.4 Å². The highest BCUT2D eigenvalue weighted by Gasteiger charge is 2.22. The summed E-state index contributed by atoms with van der Waals surface area (Å²) in [6, 6.07) is 5.11. The molecule has 1 aliphatic rings. The molecule has 1 fully saturated rings. The first-order chi connectivity index (χ1) is 12.4. The summed E-state index contributed by atoms with van der Waals surface area (Å²) in [6.45, 7) is 9.20. The zero-order valence-corrected chi connectivity index (χ0v) is 16.8. The lowest BCUT2D eigenvalue weighted by atomic mass is 10.3. The summed E-state index contributed by atoms with van der Waals surface area (Å²) < 4.78 is 0. The molecule has 1 N–H and O–H groups in total. The maximum atomic E-state index is 12.3. The molecule has 2 rings (SSSR count). The standard InChI is InChI=1S/C18H26Cl2N4O2/c1-3-24(4-2)17(26)13-23-10-8-22(9-11-23)12-16(25)21-18-14(19)6-5-7-15(18)20/h5-7H,3-4,8-13H2,1-2H3,(H,21,25). The Hall–Kier alpha value is -1.34. The van der Waals surface area contributed by atoms with Gasteiger partial charge in [0.2, 0.25) is 11.8 Å². The number of likely N-dealkylation sites (N-methyl/N-ethyl adjacent to an activating group) is 1. The van der Waals surface area contributed by atoms with Gasteiger partial charge >= 0.3 is 0 Å². The number of rotatable bonds is 7. The second-order valence-corrected chi connectivity index (χ2v) is 7.08. The third kappa shape index (κ3) is 5.84. The van der Waals surface area contributed by atoms with Crippen LogP contribution in [0.4, 0.5) is 5.69 Å². The second-order valence-electron chi connectivity index (χ2n) is 6.26. The zero-order valence-electron chi connectivity index (χ0n) is 15.3. The van der Waals surface area contributed by atoms with Crippen LogP contribution in [-0.4, -0.2) is 78.9 Å². The lowest BCUT2D eigenvalue weighted by Gasteiger charge is -2.34. The average molecular weight is 401 g/mol. The van der Waals surface area contributed by atoms with Gasteiger partial charge in [-0.15, -0.1) is 0 Å². The first kappa shape index (κ1) is 21.0. The van der Waals surface area contributed by atoms with E-state index in [-0.39, 0.29) is 18.4 Å². The van der Waals surface area contributed by atoms with Gasteiger partial charge in [0.15, 0.2) is 0 Å². The summed E-state index contributed by atoms with van der Waals surface area (Å²) >= 11 is 12.2. The number of halogens is 2. The van der Waals surface area contributed by atoms with Crippen LogP contribution >= 0.6 is 23.2 Å². The Labute approximate surface area is 165 Å². The molecule has 1 aromatic rings. The molecular formula is C18H26Cl2N4O2. The number of carbonyl (C=O) groups is 2. The van der Waals surface area contributed by atoms with E-state index in [4.69, 9.17) is 23.2 Å². The minimum Gasteiger partial charge on any atom is -0.342 e. The van der Waals surface area contributed by atoms with Crippen molar-refractivity contribution in [3.8, 4) is 0 Å². The van der Waals surface area contributed by atoms with Crippen LogP contribution in [0.2, 0.25) is 10.0 Å². The van der Waals surface area contributed by atoms with Crippen LogP contribution in [0.5, 0.6) is 0 Å². The molecular weight excluding hydrogens is 375 g/mol. The topological polar surface area (TPSA) is 55.9 Å². The molecule has 1 aliphatic heterocycles. The highest BCUT2D eigenvalue weighted by Crippen LogP contribution is 2.29. The number of carbonyl (C=O) groups excluding carboxylic acids is 2. The number of nitrogens with zero attached hydrogens (tertiary/aromatic N) is 3. The molecule has 0 atom stereocenters. The lowest BCUT2D eigenvalue weighted by Crippen LogP contribution is -2.51. The number of para-hydroxylation sites is 1. The minimum atomic E-state index is -0.146. The Morgan fingerprint density at radius 2 is 1.50 bits per heavy atom. The number of benzene rings is 1. The molecule has 0 bridgehead atoms. The highest BCUT2D eigenvalue weighted by atomic mass is 35.5. The van der Waals surface area contributed by atoms with Crippen molar-refractivity contribution >= 4 is 40.7 Å². The van der Waals surface area contributed by atoms with Gasteiger partial charge in [-0.05, 0) is 26.0 Å². The van der Waals surface area contributed by atoms with E-state index in [9.17, 15) is 9.59 Å². The van der Waals surface area contributed by atoms with Crippen molar-refractivity contribution in [3.05, 3.63) is 28.2 Å². The summed E-state index contributed by atoms with van der Waals surface area (Å²) in [5, 5.41) is 3.62. The fourth-order valence-electron chi connectivity index (χ4n) is 2.97. The molecule has 144 valence electrons. The largest absolute Gasteiger partial charge is 0.342 e. The fourth-order valence-corrected chi connectivity index (χ4v) is 3.46. The third-order valence-corrected chi connectivity index (χ3v) is 5.16. The van der Waals surface area contributed by atoms with Crippen molar-refractivity contribution in [3.63, 3.8) is 0 Å². The van der Waals surface area contributed by atoms with Gasteiger partial charge in [0, 0.05) is 39.3 Å². The molecule has 26 heavy (non-hydrogen) atoms. The molecule has 0 saturated carbocycles. The zero-order chi connectivity index (χ0) is 19.1. The van der Waals surface area contributed by atoms with Crippen LogP contribution in [0.3, 0.4) is 0 Å². The van der Waals surface area contributed by atoms with Crippen LogP contribution in [-0.2, 0) is 9.59 Å². The quantitative estimate of drug-likeness (QED) is 0.763.